The molecule has 0 atom stereocenters. The van der Waals surface area contributed by atoms with Gasteiger partial charge in [-0.05, 0) is 24.8 Å². The van der Waals surface area contributed by atoms with Gasteiger partial charge in [-0.2, -0.15) is 0 Å². The highest BCUT2D eigenvalue weighted by atomic mass is 14.6. The van der Waals surface area contributed by atoms with E-state index in [1.807, 2.05) is 6.92 Å². The molecule has 0 aromatic heterocycles. The van der Waals surface area contributed by atoms with Crippen LogP contribution in [0.1, 0.15) is 20.3 Å². The quantitative estimate of drug-likeness (QED) is 0.441. The monoisotopic (exact) mass is 97.1 g/mol. The van der Waals surface area contributed by atoms with Crippen molar-refractivity contribution in [1.29, 1.82) is 0 Å². The van der Waals surface area contributed by atoms with Crippen LogP contribution in [0.3, 0.4) is 0 Å². The van der Waals surface area contributed by atoms with E-state index in [2.05, 4.69) is 17.8 Å². The van der Waals surface area contributed by atoms with Gasteiger partial charge in [0.1, 0.15) is 0 Å². The van der Waals surface area contributed by atoms with E-state index in [9.17, 15) is 0 Å². The van der Waals surface area contributed by atoms with Crippen LogP contribution in [0.4, 0.5) is 0 Å². The van der Waals surface area contributed by atoms with Crippen LogP contribution in [0.15, 0.2) is 10.6 Å². The van der Waals surface area contributed by atoms with Gasteiger partial charge in [-0.15, -0.1) is 0 Å². The molecule has 0 fully saturated rings. The number of nitrogens with zero attached hydrogens (tertiary/aromatic N) is 1. The van der Waals surface area contributed by atoms with Crippen molar-refractivity contribution in [3.8, 4) is 0 Å². The Labute approximate surface area is 44.8 Å². The molecular formula is C6H11N. The smallest absolute Gasteiger partial charge is 0.0372 e. The molecule has 0 saturated heterocycles. The fourth-order valence-corrected chi connectivity index (χ4v) is 0.270. The predicted molar refractivity (Wildman–Crippen MR) is 32.8 cm³/mol. The van der Waals surface area contributed by atoms with Crippen molar-refractivity contribution in [1.82, 2.24) is 0 Å². The zero-order valence-corrected chi connectivity index (χ0v) is 5.15. The van der Waals surface area contributed by atoms with Gasteiger partial charge in [-0.1, -0.05) is 6.92 Å². The molecule has 0 radical (unpaired) electrons. The molecule has 0 aliphatic heterocycles. The molecule has 40 valence electrons. The molecule has 0 N–H and O–H groups in total. The summed E-state index contributed by atoms with van der Waals surface area (Å²) in [6.07, 6.45) is 1.05. The third-order valence-corrected chi connectivity index (χ3v) is 0.833. The van der Waals surface area contributed by atoms with Gasteiger partial charge in [-0.25, -0.2) is 4.99 Å². The summed E-state index contributed by atoms with van der Waals surface area (Å²) in [5.41, 5.74) is 1.21. The third kappa shape index (κ3) is 3.28. The Morgan fingerprint density at radius 2 is 2.29 bits per heavy atom. The van der Waals surface area contributed by atoms with Crippen molar-refractivity contribution in [3.05, 3.63) is 5.57 Å². The lowest BCUT2D eigenvalue weighted by Gasteiger charge is -1.80. The summed E-state index contributed by atoms with van der Waals surface area (Å²) in [7, 11) is 1.74. The summed E-state index contributed by atoms with van der Waals surface area (Å²) in [4.78, 5) is 3.72. The molecule has 7 heavy (non-hydrogen) atoms. The summed E-state index contributed by atoms with van der Waals surface area (Å²) in [5, 5.41) is 0. The van der Waals surface area contributed by atoms with Crippen LogP contribution in [0, 0.1) is 0 Å². The summed E-state index contributed by atoms with van der Waals surface area (Å²) < 4.78 is 0. The lowest BCUT2D eigenvalue weighted by Crippen LogP contribution is -1.68. The minimum absolute atomic E-state index is 1.05. The zero-order chi connectivity index (χ0) is 5.70. The molecule has 0 saturated carbocycles. The van der Waals surface area contributed by atoms with E-state index >= 15 is 0 Å². The molecule has 0 aromatic rings. The van der Waals surface area contributed by atoms with Crippen LogP contribution in [-0.4, -0.2) is 12.9 Å². The van der Waals surface area contributed by atoms with E-state index in [1.54, 1.807) is 7.05 Å². The fraction of sp³-hybridized carbons (Fsp3) is 0.667. The minimum Gasteiger partial charge on any atom is -0.247 e. The van der Waals surface area contributed by atoms with Crippen molar-refractivity contribution in [2.45, 2.75) is 20.3 Å². The number of hydrogen-bond acceptors (Lipinski definition) is 1. The van der Waals surface area contributed by atoms with Gasteiger partial charge < -0.3 is 0 Å². The second-order valence-electron chi connectivity index (χ2n) is 1.47. The van der Waals surface area contributed by atoms with E-state index in [0.29, 0.717) is 0 Å². The van der Waals surface area contributed by atoms with Crippen molar-refractivity contribution >= 4 is 5.87 Å². The van der Waals surface area contributed by atoms with Gasteiger partial charge in [0.25, 0.3) is 0 Å². The number of aliphatic imine (C=N–C) groups is 1. The Morgan fingerprint density at radius 3 is 2.43 bits per heavy atom. The molecule has 0 amide bonds. The van der Waals surface area contributed by atoms with Gasteiger partial charge >= 0.3 is 0 Å². The topological polar surface area (TPSA) is 12.4 Å². The highest BCUT2D eigenvalue weighted by molar-refractivity contribution is 5.56. The Balaban J connectivity index is 3.74. The standard InChI is InChI=1S/C6H11N/c1-4-6(2)5-7-3/h4H2,1-3H3. The highest BCUT2D eigenvalue weighted by Crippen LogP contribution is 1.88. The van der Waals surface area contributed by atoms with Gasteiger partial charge in [0.15, 0.2) is 0 Å². The van der Waals surface area contributed by atoms with E-state index in [-0.39, 0.29) is 0 Å². The average Bonchev–Trinajstić information content (AvgIpc) is 1.68. The van der Waals surface area contributed by atoms with E-state index < -0.39 is 0 Å². The first-order valence-electron chi connectivity index (χ1n) is 2.48. The SMILES string of the molecule is CCC(C)=C=NC. The van der Waals surface area contributed by atoms with Crippen LogP contribution in [-0.2, 0) is 0 Å². The summed E-state index contributed by atoms with van der Waals surface area (Å²) >= 11 is 0. The largest absolute Gasteiger partial charge is 0.247 e. The zero-order valence-electron chi connectivity index (χ0n) is 5.15. The normalized spacial score (nSPS) is 7.29. The highest BCUT2D eigenvalue weighted by Gasteiger charge is 1.74. The van der Waals surface area contributed by atoms with E-state index in [4.69, 9.17) is 0 Å². The van der Waals surface area contributed by atoms with Gasteiger partial charge in [0.05, 0.1) is 0 Å². The first kappa shape index (κ1) is 6.45. The molecule has 0 aromatic carbocycles. The first-order chi connectivity index (χ1) is 3.31. The Morgan fingerprint density at radius 1 is 1.71 bits per heavy atom. The maximum Gasteiger partial charge on any atom is 0.0372 e. The molecule has 0 rings (SSSR count). The van der Waals surface area contributed by atoms with Crippen LogP contribution in [0.25, 0.3) is 0 Å². The summed E-state index contributed by atoms with van der Waals surface area (Å²) in [6.45, 7) is 4.11. The number of rotatable bonds is 1. The van der Waals surface area contributed by atoms with Crippen LogP contribution < -0.4 is 0 Å². The lowest BCUT2D eigenvalue weighted by molar-refractivity contribution is 1.12. The van der Waals surface area contributed by atoms with Crippen LogP contribution >= 0.6 is 0 Å². The third-order valence-electron chi connectivity index (χ3n) is 0.833. The van der Waals surface area contributed by atoms with Gasteiger partial charge in [-0.3, -0.25) is 0 Å². The molecule has 1 nitrogen and oxygen atoms in total. The first-order valence-corrected chi connectivity index (χ1v) is 2.48. The molecule has 0 unspecified atom stereocenters. The second-order valence-corrected chi connectivity index (χ2v) is 1.47. The summed E-state index contributed by atoms with van der Waals surface area (Å²) in [5.74, 6) is 2.84. The molecule has 0 bridgehead atoms. The molecular weight excluding hydrogens is 86.1 g/mol. The van der Waals surface area contributed by atoms with E-state index in [1.165, 1.54) is 5.57 Å². The molecule has 0 aliphatic rings. The fourth-order valence-electron chi connectivity index (χ4n) is 0.270. The van der Waals surface area contributed by atoms with Crippen molar-refractivity contribution in [3.63, 3.8) is 0 Å². The van der Waals surface area contributed by atoms with Crippen molar-refractivity contribution in [2.24, 2.45) is 4.99 Å². The second kappa shape index (κ2) is 3.63. The van der Waals surface area contributed by atoms with Crippen LogP contribution in [0.2, 0.25) is 0 Å². The lowest BCUT2D eigenvalue weighted by atomic mass is 10.3. The van der Waals surface area contributed by atoms with Crippen molar-refractivity contribution < 1.29 is 0 Å². The Hall–Kier alpha value is -0.550. The van der Waals surface area contributed by atoms with E-state index in [0.717, 1.165) is 6.42 Å². The minimum atomic E-state index is 1.05. The molecule has 0 aliphatic carbocycles. The maximum atomic E-state index is 3.72. The molecule has 0 heterocycles. The van der Waals surface area contributed by atoms with Crippen LogP contribution in [0.5, 0.6) is 0 Å². The van der Waals surface area contributed by atoms with Gasteiger partial charge in [0, 0.05) is 7.05 Å². The molecule has 1 heteroatoms. The van der Waals surface area contributed by atoms with Crippen molar-refractivity contribution in [2.75, 3.05) is 7.05 Å². The summed E-state index contributed by atoms with van der Waals surface area (Å²) in [6, 6.07) is 0. The number of allylic oxidation sites excluding steroid dienone is 1. The Kier molecular flexibility index (Phi) is 3.35. The Bertz CT molecular complexity index is 96.7. The molecule has 0 spiro atoms. The maximum absolute atomic E-state index is 3.72. The van der Waals surface area contributed by atoms with Gasteiger partial charge in [0.2, 0.25) is 0 Å². The number of hydrogen-bond donors (Lipinski definition) is 0. The average molecular weight is 97.2 g/mol. The predicted octanol–water partition coefficient (Wildman–Crippen LogP) is 1.64.